The van der Waals surface area contributed by atoms with Crippen molar-refractivity contribution in [2.75, 3.05) is 13.1 Å². The third-order valence-corrected chi connectivity index (χ3v) is 7.32. The number of carbonyl (C=O) groups is 1. The van der Waals surface area contributed by atoms with Crippen LogP contribution in [0.5, 0.6) is 0 Å². The summed E-state index contributed by atoms with van der Waals surface area (Å²) in [6.07, 6.45) is 5.27. The van der Waals surface area contributed by atoms with Gasteiger partial charge in [-0.05, 0) is 76.8 Å². The number of aliphatic hydroxyl groups excluding tert-OH is 1. The number of carbonyl (C=O) groups excluding carboxylic acids is 1. The first-order valence-corrected chi connectivity index (χ1v) is 11.4. The summed E-state index contributed by atoms with van der Waals surface area (Å²) >= 11 is 0. The molecule has 2 saturated carbocycles. The third kappa shape index (κ3) is 3.66. The van der Waals surface area contributed by atoms with Crippen LogP contribution in [0.3, 0.4) is 0 Å². The lowest BCUT2D eigenvalue weighted by Crippen LogP contribution is -2.49. The first-order valence-electron chi connectivity index (χ1n) is 11.4. The van der Waals surface area contributed by atoms with Crippen LogP contribution in [-0.4, -0.2) is 50.4 Å². The molecular weight excluding hydrogens is 392 g/mol. The fourth-order valence-corrected chi connectivity index (χ4v) is 5.41. The highest BCUT2D eigenvalue weighted by molar-refractivity contribution is 5.83. The molecule has 0 aromatic carbocycles. The number of hydrogen-bond donors (Lipinski definition) is 2. The summed E-state index contributed by atoms with van der Waals surface area (Å²) in [5.41, 5.74) is 1.40. The molecule has 0 spiro atoms. The second kappa shape index (κ2) is 7.02. The summed E-state index contributed by atoms with van der Waals surface area (Å²) < 4.78 is 7.80. The topological polar surface area (TPSA) is 79.1 Å². The standard InChI is InChI=1S/C24H34N4O3/c1-14-7-6-10-28-18(14)11-25-21(28)24(5,15-8-9-15)26-20(29)19-16-12-27(13-17(16)19)22(30)31-23(2,3)4/h6-7,10-11,15-17,19,22,30H,8-9,12-13H2,1-5H3,(H,26,29)/t16-,17+,19?,22?,24?. The molecule has 1 saturated heterocycles. The van der Waals surface area contributed by atoms with E-state index in [1.807, 2.05) is 44.1 Å². The number of nitrogens with zero attached hydrogens (tertiary/aromatic N) is 3. The molecule has 1 aliphatic heterocycles. The Balaban J connectivity index is 1.29. The molecule has 7 heteroatoms. The molecule has 3 heterocycles. The number of rotatable bonds is 6. The number of fused-ring (bicyclic) bond motifs is 2. The fraction of sp³-hybridized carbons (Fsp3) is 0.667. The van der Waals surface area contributed by atoms with Crippen LogP contribution in [0.2, 0.25) is 0 Å². The Morgan fingerprint density at radius 2 is 1.94 bits per heavy atom. The first-order chi connectivity index (χ1) is 14.6. The predicted molar refractivity (Wildman–Crippen MR) is 117 cm³/mol. The Kier molecular flexibility index (Phi) is 4.74. The van der Waals surface area contributed by atoms with Crippen molar-refractivity contribution in [2.45, 2.75) is 65.0 Å². The molecule has 1 amide bonds. The molecule has 2 aliphatic carbocycles. The van der Waals surface area contributed by atoms with E-state index >= 15 is 0 Å². The number of aliphatic hydroxyl groups is 1. The summed E-state index contributed by atoms with van der Waals surface area (Å²) in [5, 5.41) is 13.8. The molecule has 0 radical (unpaired) electrons. The average molecular weight is 427 g/mol. The number of ether oxygens (including phenoxy) is 1. The highest BCUT2D eigenvalue weighted by Crippen LogP contribution is 2.53. The molecule has 3 unspecified atom stereocenters. The molecule has 168 valence electrons. The van der Waals surface area contributed by atoms with Gasteiger partial charge >= 0.3 is 0 Å². The van der Waals surface area contributed by atoms with E-state index in [0.717, 1.165) is 24.2 Å². The minimum atomic E-state index is -0.909. The van der Waals surface area contributed by atoms with Crippen LogP contribution in [0.1, 0.15) is 51.9 Å². The lowest BCUT2D eigenvalue weighted by molar-refractivity contribution is -0.236. The van der Waals surface area contributed by atoms with E-state index in [0.29, 0.717) is 30.8 Å². The van der Waals surface area contributed by atoms with Gasteiger partial charge in [-0.15, -0.1) is 0 Å². The van der Waals surface area contributed by atoms with Gasteiger partial charge in [0.05, 0.1) is 22.9 Å². The predicted octanol–water partition coefficient (Wildman–Crippen LogP) is 2.65. The van der Waals surface area contributed by atoms with Crippen LogP contribution in [0.15, 0.2) is 24.5 Å². The molecule has 7 nitrogen and oxygen atoms in total. The number of piperidine rings is 1. The van der Waals surface area contributed by atoms with E-state index in [-0.39, 0.29) is 11.8 Å². The molecule has 31 heavy (non-hydrogen) atoms. The number of nitrogens with one attached hydrogen (secondary N) is 1. The van der Waals surface area contributed by atoms with E-state index in [9.17, 15) is 9.90 Å². The van der Waals surface area contributed by atoms with Gasteiger partial charge in [0, 0.05) is 25.2 Å². The summed E-state index contributed by atoms with van der Waals surface area (Å²) in [4.78, 5) is 20.0. The highest BCUT2D eigenvalue weighted by atomic mass is 16.6. The summed E-state index contributed by atoms with van der Waals surface area (Å²) in [6, 6.07) is 4.12. The van der Waals surface area contributed by atoms with Crippen LogP contribution < -0.4 is 5.32 Å². The maximum atomic E-state index is 13.3. The number of imidazole rings is 1. The van der Waals surface area contributed by atoms with Gasteiger partial charge in [-0.2, -0.15) is 0 Å². The normalized spacial score (nSPS) is 28.9. The number of pyridine rings is 1. The minimum absolute atomic E-state index is 0.0177. The van der Waals surface area contributed by atoms with Crippen molar-refractivity contribution in [3.63, 3.8) is 0 Å². The second-order valence-electron chi connectivity index (χ2n) is 10.9. The van der Waals surface area contributed by atoms with Crippen molar-refractivity contribution in [1.29, 1.82) is 0 Å². The Morgan fingerprint density at radius 3 is 2.55 bits per heavy atom. The van der Waals surface area contributed by atoms with Gasteiger partial charge in [-0.1, -0.05) is 6.07 Å². The van der Waals surface area contributed by atoms with E-state index in [1.165, 1.54) is 5.56 Å². The molecule has 2 aromatic heterocycles. The molecule has 2 N–H and O–H groups in total. The van der Waals surface area contributed by atoms with Crippen molar-refractivity contribution in [3.05, 3.63) is 35.9 Å². The van der Waals surface area contributed by atoms with Crippen molar-refractivity contribution >= 4 is 11.4 Å². The number of amides is 1. The zero-order valence-electron chi connectivity index (χ0n) is 19.1. The van der Waals surface area contributed by atoms with Crippen molar-refractivity contribution in [1.82, 2.24) is 19.6 Å². The summed E-state index contributed by atoms with van der Waals surface area (Å²) in [7, 11) is 0. The number of likely N-dealkylation sites (tertiary alicyclic amines) is 1. The van der Waals surface area contributed by atoms with Crippen LogP contribution in [0.25, 0.3) is 5.52 Å². The molecular formula is C24H34N4O3. The number of aryl methyl sites for hydroxylation is 1. The zero-order valence-corrected chi connectivity index (χ0v) is 19.1. The maximum Gasteiger partial charge on any atom is 0.224 e. The Labute approximate surface area is 183 Å². The Morgan fingerprint density at radius 1 is 1.26 bits per heavy atom. The van der Waals surface area contributed by atoms with Crippen LogP contribution in [0, 0.1) is 30.6 Å². The lowest BCUT2D eigenvalue weighted by Gasteiger charge is -2.32. The van der Waals surface area contributed by atoms with E-state index in [2.05, 4.69) is 29.6 Å². The monoisotopic (exact) mass is 426 g/mol. The average Bonchev–Trinajstić information content (AvgIpc) is 3.55. The van der Waals surface area contributed by atoms with Crippen molar-refractivity contribution in [3.8, 4) is 0 Å². The zero-order chi connectivity index (χ0) is 22.1. The smallest absolute Gasteiger partial charge is 0.224 e. The Bertz CT molecular complexity index is 996. The van der Waals surface area contributed by atoms with Crippen molar-refractivity contribution < 1.29 is 14.6 Å². The molecule has 5 rings (SSSR count). The molecule has 5 atom stereocenters. The SMILES string of the molecule is Cc1cccn2c(C(C)(NC(=O)C3[C@H]4CN(C(O)OC(C)(C)C)C[C@@H]34)C3CC3)ncc12. The van der Waals surface area contributed by atoms with Gasteiger partial charge in [0.15, 0.2) is 0 Å². The molecule has 3 fully saturated rings. The molecule has 2 aromatic rings. The van der Waals surface area contributed by atoms with E-state index < -0.39 is 17.6 Å². The highest BCUT2D eigenvalue weighted by Gasteiger charge is 2.61. The second-order valence-corrected chi connectivity index (χ2v) is 10.9. The third-order valence-electron chi connectivity index (χ3n) is 7.32. The summed E-state index contributed by atoms with van der Waals surface area (Å²) in [6.45, 7) is 11.4. The first kappa shape index (κ1) is 20.9. The van der Waals surface area contributed by atoms with E-state index in [4.69, 9.17) is 9.72 Å². The molecule has 0 bridgehead atoms. The van der Waals surface area contributed by atoms with Crippen molar-refractivity contribution in [2.24, 2.45) is 23.7 Å². The maximum absolute atomic E-state index is 13.3. The van der Waals surface area contributed by atoms with Gasteiger partial charge in [0.1, 0.15) is 5.82 Å². The summed E-state index contributed by atoms with van der Waals surface area (Å²) in [5.74, 6) is 2.06. The minimum Gasteiger partial charge on any atom is -0.356 e. The Hall–Kier alpha value is -1.96. The largest absolute Gasteiger partial charge is 0.356 e. The van der Waals surface area contributed by atoms with E-state index in [1.54, 1.807) is 0 Å². The quantitative estimate of drug-likeness (QED) is 0.695. The lowest BCUT2D eigenvalue weighted by atomic mass is 9.93. The number of hydrogen-bond acceptors (Lipinski definition) is 5. The van der Waals surface area contributed by atoms with Crippen LogP contribution >= 0.6 is 0 Å². The van der Waals surface area contributed by atoms with Gasteiger partial charge in [-0.3, -0.25) is 9.69 Å². The fourth-order valence-electron chi connectivity index (χ4n) is 5.41. The van der Waals surface area contributed by atoms with Crippen LogP contribution in [-0.2, 0) is 15.1 Å². The van der Waals surface area contributed by atoms with Crippen LogP contribution in [0.4, 0.5) is 0 Å². The van der Waals surface area contributed by atoms with Gasteiger partial charge in [0.2, 0.25) is 12.3 Å². The molecule has 3 aliphatic rings. The van der Waals surface area contributed by atoms with Gasteiger partial charge in [-0.25, -0.2) is 4.98 Å². The van der Waals surface area contributed by atoms with Gasteiger partial charge < -0.3 is 19.6 Å². The number of aromatic nitrogens is 2. The van der Waals surface area contributed by atoms with Gasteiger partial charge in [0.25, 0.3) is 0 Å².